The summed E-state index contributed by atoms with van der Waals surface area (Å²) in [5.41, 5.74) is 2.44. The summed E-state index contributed by atoms with van der Waals surface area (Å²) in [5, 5.41) is 0. The second-order valence-corrected chi connectivity index (χ2v) is 3.93. The zero-order valence-electron chi connectivity index (χ0n) is 8.70. The lowest BCUT2D eigenvalue weighted by atomic mass is 10.1. The van der Waals surface area contributed by atoms with Crippen molar-refractivity contribution in [3.8, 4) is 0 Å². The Balaban J connectivity index is 2.21. The average Bonchev–Trinajstić information content (AvgIpc) is 2.41. The molecule has 2 aliphatic rings. The highest BCUT2D eigenvalue weighted by molar-refractivity contribution is 5.74. The molecule has 0 amide bonds. The van der Waals surface area contributed by atoms with Crippen LogP contribution in [0.5, 0.6) is 0 Å². The van der Waals surface area contributed by atoms with Crippen molar-refractivity contribution in [2.75, 3.05) is 13.1 Å². The summed E-state index contributed by atoms with van der Waals surface area (Å²) >= 11 is 0. The van der Waals surface area contributed by atoms with Crippen LogP contribution >= 0.6 is 0 Å². The van der Waals surface area contributed by atoms with Gasteiger partial charge in [0, 0.05) is 37.3 Å². The van der Waals surface area contributed by atoms with Crippen molar-refractivity contribution in [1.29, 1.82) is 0 Å². The Morgan fingerprint density at radius 2 is 2.36 bits per heavy atom. The van der Waals surface area contributed by atoms with Gasteiger partial charge in [0.15, 0.2) is 0 Å². The maximum absolute atomic E-state index is 4.31. The zero-order chi connectivity index (χ0) is 9.97. The molecule has 0 saturated heterocycles. The van der Waals surface area contributed by atoms with Crippen LogP contribution in [0.1, 0.15) is 20.3 Å². The summed E-state index contributed by atoms with van der Waals surface area (Å²) in [6.45, 7) is 6.53. The monoisotopic (exact) mass is 189 g/mol. The van der Waals surface area contributed by atoms with Gasteiger partial charge in [-0.3, -0.25) is 4.90 Å². The van der Waals surface area contributed by atoms with E-state index in [0.29, 0.717) is 6.04 Å². The molecule has 0 aromatic rings. The van der Waals surface area contributed by atoms with Crippen molar-refractivity contribution >= 4 is 12.2 Å². The minimum absolute atomic E-state index is 0.599. The van der Waals surface area contributed by atoms with Crippen molar-refractivity contribution in [2.45, 2.75) is 26.3 Å². The molecule has 0 spiro atoms. The fourth-order valence-corrected chi connectivity index (χ4v) is 1.76. The van der Waals surface area contributed by atoms with E-state index >= 15 is 0 Å². The predicted octanol–water partition coefficient (Wildman–Crippen LogP) is 1.62. The molecule has 2 aliphatic heterocycles. The normalized spacial score (nSPS) is 21.6. The van der Waals surface area contributed by atoms with Crippen LogP contribution in [-0.4, -0.2) is 36.2 Å². The van der Waals surface area contributed by atoms with Crippen LogP contribution in [0.2, 0.25) is 0 Å². The number of aliphatic imine (C=N–C) groups is 2. The minimum atomic E-state index is 0.599. The van der Waals surface area contributed by atoms with Gasteiger partial charge in [-0.15, -0.1) is 0 Å². The molecular formula is C11H15N3. The molecule has 0 unspecified atom stereocenters. The molecule has 3 nitrogen and oxygen atoms in total. The minimum Gasteiger partial charge on any atom is -0.296 e. The van der Waals surface area contributed by atoms with Gasteiger partial charge in [-0.2, -0.15) is 4.99 Å². The molecule has 2 heterocycles. The van der Waals surface area contributed by atoms with Crippen LogP contribution in [0.15, 0.2) is 27.3 Å². The highest BCUT2D eigenvalue weighted by Crippen LogP contribution is 2.21. The maximum atomic E-state index is 4.31. The first kappa shape index (κ1) is 9.38. The third-order valence-corrected chi connectivity index (χ3v) is 2.69. The van der Waals surface area contributed by atoms with Gasteiger partial charge < -0.3 is 0 Å². The lowest BCUT2D eigenvalue weighted by molar-refractivity contribution is 0.234. The second-order valence-electron chi connectivity index (χ2n) is 3.93. The Morgan fingerprint density at radius 3 is 3.14 bits per heavy atom. The lowest BCUT2D eigenvalue weighted by Crippen LogP contribution is -2.36. The van der Waals surface area contributed by atoms with Gasteiger partial charge in [0.05, 0.1) is 0 Å². The fourth-order valence-electron chi connectivity index (χ4n) is 1.76. The van der Waals surface area contributed by atoms with E-state index in [-0.39, 0.29) is 0 Å². The summed E-state index contributed by atoms with van der Waals surface area (Å²) in [6.07, 6.45) is 4.57. The molecule has 0 aromatic heterocycles. The smallest absolute Gasteiger partial charge is 0.125 e. The average molecular weight is 189 g/mol. The Bertz CT molecular complexity index is 344. The number of hydrogen-bond donors (Lipinski definition) is 0. The van der Waals surface area contributed by atoms with Crippen LogP contribution in [0.3, 0.4) is 0 Å². The number of rotatable bonds is 1. The molecule has 2 rings (SSSR count). The van der Waals surface area contributed by atoms with Gasteiger partial charge in [0.2, 0.25) is 0 Å². The standard InChI is InChI=1S/C11H15N3/c1-9(2)14-6-4-11-10(7-14)3-5-12-8-13-11/h3,8-9H,4,6-7H2,1-2H3. The SMILES string of the molecule is CC(C)N1CCC2=C(C=C=NC=N2)C1. The van der Waals surface area contributed by atoms with Crippen molar-refractivity contribution in [3.05, 3.63) is 17.3 Å². The van der Waals surface area contributed by atoms with Crippen LogP contribution < -0.4 is 0 Å². The van der Waals surface area contributed by atoms with Crippen molar-refractivity contribution in [3.63, 3.8) is 0 Å². The van der Waals surface area contributed by atoms with E-state index in [4.69, 9.17) is 0 Å². The third-order valence-electron chi connectivity index (χ3n) is 2.69. The molecular weight excluding hydrogens is 174 g/mol. The summed E-state index contributed by atoms with van der Waals surface area (Å²) in [7, 11) is 0. The van der Waals surface area contributed by atoms with Gasteiger partial charge in [-0.25, -0.2) is 4.99 Å². The van der Waals surface area contributed by atoms with Crippen LogP contribution in [0, 0.1) is 0 Å². The number of hydrogen-bond acceptors (Lipinski definition) is 3. The van der Waals surface area contributed by atoms with E-state index in [0.717, 1.165) is 19.5 Å². The topological polar surface area (TPSA) is 28.0 Å². The fraction of sp³-hybridized carbons (Fsp3) is 0.545. The van der Waals surface area contributed by atoms with Crippen LogP contribution in [-0.2, 0) is 0 Å². The Morgan fingerprint density at radius 1 is 1.50 bits per heavy atom. The summed E-state index contributed by atoms with van der Waals surface area (Å²) in [4.78, 5) is 10.7. The van der Waals surface area contributed by atoms with Gasteiger partial charge >= 0.3 is 0 Å². The van der Waals surface area contributed by atoms with E-state index in [1.54, 1.807) is 6.34 Å². The van der Waals surface area contributed by atoms with Crippen molar-refractivity contribution in [1.82, 2.24) is 4.90 Å². The summed E-state index contributed by atoms with van der Waals surface area (Å²) in [5.74, 6) is 2.87. The van der Waals surface area contributed by atoms with Crippen molar-refractivity contribution in [2.24, 2.45) is 9.98 Å². The van der Waals surface area contributed by atoms with E-state index < -0.39 is 0 Å². The molecule has 0 aromatic carbocycles. The first-order valence-electron chi connectivity index (χ1n) is 5.04. The van der Waals surface area contributed by atoms with E-state index in [9.17, 15) is 0 Å². The predicted molar refractivity (Wildman–Crippen MR) is 58.8 cm³/mol. The van der Waals surface area contributed by atoms with Gasteiger partial charge in [0.25, 0.3) is 0 Å². The summed E-state index contributed by atoms with van der Waals surface area (Å²) in [6, 6.07) is 0.599. The Labute approximate surface area is 84.5 Å². The first-order valence-corrected chi connectivity index (χ1v) is 5.04. The van der Waals surface area contributed by atoms with E-state index in [1.165, 1.54) is 11.3 Å². The van der Waals surface area contributed by atoms with Crippen molar-refractivity contribution < 1.29 is 0 Å². The molecule has 74 valence electrons. The first-order chi connectivity index (χ1) is 6.77. The molecule has 0 atom stereocenters. The molecule has 0 fully saturated rings. The Kier molecular flexibility index (Phi) is 2.62. The zero-order valence-corrected chi connectivity index (χ0v) is 8.70. The largest absolute Gasteiger partial charge is 0.296 e. The van der Waals surface area contributed by atoms with E-state index in [1.807, 2.05) is 6.08 Å². The molecule has 3 heteroatoms. The molecule has 14 heavy (non-hydrogen) atoms. The molecule has 0 aliphatic carbocycles. The third kappa shape index (κ3) is 1.84. The molecule has 0 N–H and O–H groups in total. The maximum Gasteiger partial charge on any atom is 0.125 e. The highest BCUT2D eigenvalue weighted by atomic mass is 15.2. The second kappa shape index (κ2) is 3.91. The Hall–Kier alpha value is -1.18. The lowest BCUT2D eigenvalue weighted by Gasteiger charge is -2.31. The van der Waals surface area contributed by atoms with Crippen LogP contribution in [0.25, 0.3) is 0 Å². The quantitative estimate of drug-likeness (QED) is 0.616. The van der Waals surface area contributed by atoms with E-state index in [2.05, 4.69) is 34.6 Å². The number of nitrogens with zero attached hydrogens (tertiary/aromatic N) is 3. The highest BCUT2D eigenvalue weighted by Gasteiger charge is 2.19. The van der Waals surface area contributed by atoms with Gasteiger partial charge in [-0.1, -0.05) is 0 Å². The summed E-state index contributed by atoms with van der Waals surface area (Å²) < 4.78 is 0. The molecule has 0 bridgehead atoms. The van der Waals surface area contributed by atoms with Crippen LogP contribution in [0.4, 0.5) is 0 Å². The van der Waals surface area contributed by atoms with Gasteiger partial charge in [-0.05, 0) is 25.3 Å². The van der Waals surface area contributed by atoms with Gasteiger partial charge in [0.1, 0.15) is 6.34 Å². The molecule has 0 saturated carbocycles. The molecule has 0 radical (unpaired) electrons.